The summed E-state index contributed by atoms with van der Waals surface area (Å²) < 4.78 is 9.25. The third-order valence-electron chi connectivity index (χ3n) is 3.35. The van der Waals surface area contributed by atoms with E-state index in [4.69, 9.17) is 9.47 Å². The smallest absolute Gasteiger partial charge is 0.313 e. The number of hydrogen-bond acceptors (Lipinski definition) is 5. The molecule has 23 heavy (non-hydrogen) atoms. The zero-order chi connectivity index (χ0) is 17.3. The van der Waals surface area contributed by atoms with E-state index in [1.807, 2.05) is 50.3 Å². The summed E-state index contributed by atoms with van der Waals surface area (Å²) in [5, 5.41) is 0. The van der Waals surface area contributed by atoms with E-state index in [9.17, 15) is 9.59 Å². The van der Waals surface area contributed by atoms with Crippen LogP contribution < -0.4 is 4.74 Å². The van der Waals surface area contributed by atoms with Crippen molar-refractivity contribution in [3.8, 4) is 5.75 Å². The first-order valence-electron chi connectivity index (χ1n) is 7.54. The molecule has 0 aliphatic carbocycles. The van der Waals surface area contributed by atoms with Gasteiger partial charge in [-0.05, 0) is 38.5 Å². The van der Waals surface area contributed by atoms with Gasteiger partial charge in [0.2, 0.25) is 0 Å². The van der Waals surface area contributed by atoms with Gasteiger partial charge in [-0.25, -0.2) is 0 Å². The highest BCUT2D eigenvalue weighted by Crippen LogP contribution is 2.32. The van der Waals surface area contributed by atoms with Gasteiger partial charge < -0.3 is 9.47 Å². The molecule has 0 aromatic heterocycles. The average molecular weight is 336 g/mol. The maximum atomic E-state index is 12.5. The molecule has 126 valence electrons. The van der Waals surface area contributed by atoms with Crippen LogP contribution >= 0.6 is 11.8 Å². The second-order valence-corrected chi connectivity index (χ2v) is 6.57. The minimum atomic E-state index is -0.749. The number of carbonyl (C=O) groups excluding carboxylic acids is 2. The van der Waals surface area contributed by atoms with E-state index in [1.54, 1.807) is 14.0 Å². The molecular formula is C18H24O4S. The molecule has 1 rings (SSSR count). The van der Waals surface area contributed by atoms with Crippen LogP contribution in [0, 0.1) is 0 Å². The number of benzene rings is 1. The molecule has 0 spiro atoms. The van der Waals surface area contributed by atoms with Crippen molar-refractivity contribution >= 4 is 23.5 Å². The molecule has 0 aliphatic rings. The maximum absolute atomic E-state index is 12.5. The van der Waals surface area contributed by atoms with Crippen LogP contribution in [0.3, 0.4) is 0 Å². The van der Waals surface area contributed by atoms with Gasteiger partial charge in [-0.1, -0.05) is 24.3 Å². The lowest BCUT2D eigenvalue weighted by atomic mass is 10.0. The second kappa shape index (κ2) is 9.40. The Morgan fingerprint density at radius 1 is 1.26 bits per heavy atom. The zero-order valence-corrected chi connectivity index (χ0v) is 14.9. The summed E-state index contributed by atoms with van der Waals surface area (Å²) >= 11 is 1.50. The first-order valence-corrected chi connectivity index (χ1v) is 8.53. The molecule has 0 radical (unpaired) electrons. The molecule has 0 bridgehead atoms. The van der Waals surface area contributed by atoms with Crippen LogP contribution in [0.5, 0.6) is 5.75 Å². The highest BCUT2D eigenvalue weighted by molar-refractivity contribution is 8.00. The Hall–Kier alpha value is -1.75. The van der Waals surface area contributed by atoms with Gasteiger partial charge in [0.1, 0.15) is 12.2 Å². The van der Waals surface area contributed by atoms with Crippen molar-refractivity contribution in [2.24, 2.45) is 0 Å². The molecule has 0 aliphatic heterocycles. The normalized spacial score (nSPS) is 13.6. The maximum Gasteiger partial charge on any atom is 0.313 e. The van der Waals surface area contributed by atoms with E-state index in [1.165, 1.54) is 11.8 Å². The summed E-state index contributed by atoms with van der Waals surface area (Å²) in [6, 6.07) is 7.72. The van der Waals surface area contributed by atoms with Gasteiger partial charge in [0.05, 0.1) is 18.5 Å². The van der Waals surface area contributed by atoms with Gasteiger partial charge in [0, 0.05) is 5.75 Å². The van der Waals surface area contributed by atoms with E-state index in [0.29, 0.717) is 5.75 Å². The largest absolute Gasteiger partial charge is 0.497 e. The summed E-state index contributed by atoms with van der Waals surface area (Å²) in [7, 11) is 1.63. The van der Waals surface area contributed by atoms with Crippen LogP contribution in [0.2, 0.25) is 0 Å². The average Bonchev–Trinajstić information content (AvgIpc) is 2.54. The van der Waals surface area contributed by atoms with Crippen LogP contribution in [0.4, 0.5) is 0 Å². The quantitative estimate of drug-likeness (QED) is 0.390. The number of carbonyl (C=O) groups is 2. The van der Waals surface area contributed by atoms with Crippen LogP contribution in [-0.2, 0) is 20.1 Å². The molecule has 0 N–H and O–H groups in total. The predicted molar refractivity (Wildman–Crippen MR) is 93.8 cm³/mol. The Kier molecular flexibility index (Phi) is 7.89. The van der Waals surface area contributed by atoms with Gasteiger partial charge in [-0.15, -0.1) is 11.8 Å². The molecular weight excluding hydrogens is 312 g/mol. The number of Topliss-reactive ketones (excluding diaryl/α,β-unsaturated/α-hetero) is 1. The fourth-order valence-electron chi connectivity index (χ4n) is 2.01. The van der Waals surface area contributed by atoms with E-state index in [0.717, 1.165) is 11.3 Å². The standard InChI is InChI=1S/C18H24O4S/c1-5-11-18(3,16(19)12-17(20)22-6-2)23-13-14-7-9-15(21-4)10-8-14/h5,7-11H,6,12-13H2,1-4H3/b11-5+/t18-/m0/s1. The summed E-state index contributed by atoms with van der Waals surface area (Å²) in [6.07, 6.45) is 3.47. The number of methoxy groups -OCH3 is 1. The highest BCUT2D eigenvalue weighted by Gasteiger charge is 2.32. The lowest BCUT2D eigenvalue weighted by Gasteiger charge is -2.23. The van der Waals surface area contributed by atoms with Crippen LogP contribution in [-0.4, -0.2) is 30.2 Å². The van der Waals surface area contributed by atoms with E-state index < -0.39 is 10.7 Å². The Morgan fingerprint density at radius 2 is 1.91 bits per heavy atom. The fraction of sp³-hybridized carbons (Fsp3) is 0.444. The molecule has 1 aromatic carbocycles. The lowest BCUT2D eigenvalue weighted by molar-refractivity contribution is -0.145. The first-order chi connectivity index (χ1) is 10.9. The minimum absolute atomic E-state index is 0.146. The van der Waals surface area contributed by atoms with Crippen LogP contribution in [0.25, 0.3) is 0 Å². The predicted octanol–water partition coefficient (Wildman–Crippen LogP) is 3.79. The summed E-state index contributed by atoms with van der Waals surface area (Å²) in [5.74, 6) is 0.846. The number of allylic oxidation sites excluding steroid dienone is 1. The Bertz CT molecular complexity index is 551. The zero-order valence-electron chi connectivity index (χ0n) is 14.1. The highest BCUT2D eigenvalue weighted by atomic mass is 32.2. The molecule has 0 saturated carbocycles. The van der Waals surface area contributed by atoms with Crippen molar-refractivity contribution in [3.05, 3.63) is 42.0 Å². The fourth-order valence-corrected chi connectivity index (χ4v) is 3.14. The summed E-state index contributed by atoms with van der Waals surface area (Å²) in [6.45, 7) is 5.71. The molecule has 1 aromatic rings. The molecule has 0 unspecified atom stereocenters. The van der Waals surface area contributed by atoms with Crippen molar-refractivity contribution < 1.29 is 19.1 Å². The molecule has 5 heteroatoms. The van der Waals surface area contributed by atoms with Gasteiger partial charge in [0.25, 0.3) is 0 Å². The Morgan fingerprint density at radius 3 is 2.43 bits per heavy atom. The SMILES string of the molecule is C/C=C/[C@](C)(SCc1ccc(OC)cc1)C(=O)CC(=O)OCC. The number of ketones is 1. The van der Waals surface area contributed by atoms with E-state index >= 15 is 0 Å². The topological polar surface area (TPSA) is 52.6 Å². The molecule has 0 amide bonds. The number of rotatable bonds is 9. The Balaban J connectivity index is 2.75. The molecule has 1 atom stereocenters. The van der Waals surface area contributed by atoms with Crippen LogP contribution in [0.15, 0.2) is 36.4 Å². The number of thioether (sulfide) groups is 1. The Labute approximate surface area is 142 Å². The molecule has 4 nitrogen and oxygen atoms in total. The molecule has 0 fully saturated rings. The van der Waals surface area contributed by atoms with Gasteiger partial charge in [-0.2, -0.15) is 0 Å². The lowest BCUT2D eigenvalue weighted by Crippen LogP contribution is -2.32. The van der Waals surface area contributed by atoms with Crippen molar-refractivity contribution in [1.29, 1.82) is 0 Å². The van der Waals surface area contributed by atoms with Gasteiger partial charge >= 0.3 is 5.97 Å². The van der Waals surface area contributed by atoms with Gasteiger partial charge in [-0.3, -0.25) is 9.59 Å². The monoisotopic (exact) mass is 336 g/mol. The molecule has 0 saturated heterocycles. The van der Waals surface area contributed by atoms with Crippen LogP contribution in [0.1, 0.15) is 32.8 Å². The van der Waals surface area contributed by atoms with E-state index in [-0.39, 0.29) is 18.8 Å². The van der Waals surface area contributed by atoms with E-state index in [2.05, 4.69) is 0 Å². The summed E-state index contributed by atoms with van der Waals surface area (Å²) in [4.78, 5) is 24.0. The molecule has 0 heterocycles. The third kappa shape index (κ3) is 6.10. The van der Waals surface area contributed by atoms with Crippen molar-refractivity contribution in [2.75, 3.05) is 13.7 Å². The van der Waals surface area contributed by atoms with Crippen molar-refractivity contribution in [1.82, 2.24) is 0 Å². The van der Waals surface area contributed by atoms with Crippen molar-refractivity contribution in [2.45, 2.75) is 37.7 Å². The third-order valence-corrected chi connectivity index (χ3v) is 4.79. The van der Waals surface area contributed by atoms with Crippen molar-refractivity contribution in [3.63, 3.8) is 0 Å². The number of ether oxygens (including phenoxy) is 2. The number of esters is 1. The minimum Gasteiger partial charge on any atom is -0.497 e. The number of hydrogen-bond donors (Lipinski definition) is 0. The first kappa shape index (κ1) is 19.3. The second-order valence-electron chi connectivity index (χ2n) is 5.15. The summed E-state index contributed by atoms with van der Waals surface area (Å²) in [5.41, 5.74) is 1.09. The van der Waals surface area contributed by atoms with Gasteiger partial charge in [0.15, 0.2) is 5.78 Å².